The molecule has 1 heterocycles. The summed E-state index contributed by atoms with van der Waals surface area (Å²) < 4.78 is 0. The first-order valence-corrected chi connectivity index (χ1v) is 8.78. The van der Waals surface area contributed by atoms with Crippen LogP contribution in [-0.4, -0.2) is 47.7 Å². The average molecular weight is 318 g/mol. The number of aliphatic hydroxyl groups is 1. The molecule has 0 spiro atoms. The zero-order valence-electron chi connectivity index (χ0n) is 14.4. The van der Waals surface area contributed by atoms with Crippen molar-refractivity contribution in [3.05, 3.63) is 35.9 Å². The maximum absolute atomic E-state index is 12.6. The van der Waals surface area contributed by atoms with E-state index in [-0.39, 0.29) is 5.91 Å². The Hall–Kier alpha value is -1.39. The van der Waals surface area contributed by atoms with E-state index in [1.54, 1.807) is 0 Å². The van der Waals surface area contributed by atoms with E-state index >= 15 is 0 Å². The molecule has 128 valence electrons. The van der Waals surface area contributed by atoms with E-state index < -0.39 is 5.60 Å². The van der Waals surface area contributed by atoms with Crippen LogP contribution in [0.25, 0.3) is 0 Å². The number of hydrogen-bond donors (Lipinski definition) is 2. The first-order chi connectivity index (χ1) is 11.0. The van der Waals surface area contributed by atoms with Gasteiger partial charge in [0, 0.05) is 19.6 Å². The Morgan fingerprint density at radius 3 is 2.74 bits per heavy atom. The fraction of sp³-hybridized carbons (Fsp3) is 0.632. The third kappa shape index (κ3) is 5.33. The molecule has 0 unspecified atom stereocenters. The Labute approximate surface area is 139 Å². The van der Waals surface area contributed by atoms with E-state index in [2.05, 4.69) is 31.3 Å². The largest absolute Gasteiger partial charge is 0.379 e. The summed E-state index contributed by atoms with van der Waals surface area (Å²) in [7, 11) is 0. The van der Waals surface area contributed by atoms with E-state index in [1.807, 2.05) is 23.1 Å². The van der Waals surface area contributed by atoms with Gasteiger partial charge in [0.05, 0.1) is 0 Å². The lowest BCUT2D eigenvalue weighted by atomic mass is 9.91. The Morgan fingerprint density at radius 1 is 1.30 bits per heavy atom. The summed E-state index contributed by atoms with van der Waals surface area (Å²) >= 11 is 0. The second kappa shape index (κ2) is 8.46. The number of likely N-dealkylation sites (tertiary alicyclic amines) is 1. The van der Waals surface area contributed by atoms with Crippen LogP contribution >= 0.6 is 0 Å². The van der Waals surface area contributed by atoms with Crippen LogP contribution in [0.5, 0.6) is 0 Å². The summed E-state index contributed by atoms with van der Waals surface area (Å²) in [6.07, 6.45) is 3.34. The third-order valence-electron chi connectivity index (χ3n) is 4.41. The van der Waals surface area contributed by atoms with Gasteiger partial charge in [-0.2, -0.15) is 0 Å². The molecule has 2 rings (SSSR count). The quantitative estimate of drug-likeness (QED) is 0.773. The van der Waals surface area contributed by atoms with Crippen LogP contribution < -0.4 is 5.32 Å². The van der Waals surface area contributed by atoms with Gasteiger partial charge in [0.15, 0.2) is 5.60 Å². The smallest absolute Gasteiger partial charge is 0.255 e. The number of nitrogens with one attached hydrogen (secondary N) is 1. The molecule has 1 fully saturated rings. The summed E-state index contributed by atoms with van der Waals surface area (Å²) in [4.78, 5) is 14.4. The van der Waals surface area contributed by atoms with Gasteiger partial charge in [0.2, 0.25) is 0 Å². The highest BCUT2D eigenvalue weighted by molar-refractivity contribution is 5.86. The topological polar surface area (TPSA) is 52.6 Å². The first kappa shape index (κ1) is 18.0. The van der Waals surface area contributed by atoms with Gasteiger partial charge < -0.3 is 15.3 Å². The van der Waals surface area contributed by atoms with E-state index in [1.165, 1.54) is 5.56 Å². The van der Waals surface area contributed by atoms with Gasteiger partial charge in [-0.3, -0.25) is 4.79 Å². The van der Waals surface area contributed by atoms with E-state index in [0.717, 1.165) is 38.9 Å². The van der Waals surface area contributed by atoms with Crippen LogP contribution in [-0.2, 0) is 11.2 Å². The van der Waals surface area contributed by atoms with Crippen LogP contribution in [0.4, 0.5) is 0 Å². The van der Waals surface area contributed by atoms with Crippen molar-refractivity contribution in [1.82, 2.24) is 10.2 Å². The number of rotatable bonds is 8. The molecule has 4 nitrogen and oxygen atoms in total. The molecule has 2 N–H and O–H groups in total. The fourth-order valence-corrected chi connectivity index (χ4v) is 3.13. The Balaban J connectivity index is 1.81. The molecule has 4 heteroatoms. The summed E-state index contributed by atoms with van der Waals surface area (Å²) in [5.74, 6) is 0.410. The minimum atomic E-state index is -1.22. The monoisotopic (exact) mass is 318 g/mol. The molecule has 1 saturated heterocycles. The molecular formula is C19H30N2O2. The number of piperidine rings is 1. The molecule has 0 aromatic heterocycles. The zero-order valence-corrected chi connectivity index (χ0v) is 14.4. The van der Waals surface area contributed by atoms with Crippen molar-refractivity contribution in [3.8, 4) is 0 Å². The number of hydrogen-bond acceptors (Lipinski definition) is 3. The number of nitrogens with zero attached hydrogens (tertiary/aromatic N) is 1. The molecule has 23 heavy (non-hydrogen) atoms. The third-order valence-corrected chi connectivity index (χ3v) is 4.41. The molecule has 0 bridgehead atoms. The first-order valence-electron chi connectivity index (χ1n) is 8.78. The Kier molecular flexibility index (Phi) is 6.60. The predicted octanol–water partition coefficient (Wildman–Crippen LogP) is 2.22. The van der Waals surface area contributed by atoms with Crippen LogP contribution in [0.15, 0.2) is 30.3 Å². The highest BCUT2D eigenvalue weighted by atomic mass is 16.3. The maximum atomic E-state index is 12.6. The standard InChI is InChI=1S/C19H30N2O2/c1-16(2)14-20-15-19(23)11-7-13-21(18(19)22)12-6-10-17-8-4-3-5-9-17/h3-5,8-9,16,20,23H,6-7,10-15H2,1-2H3/t19-/m1/s1. The second-order valence-electron chi connectivity index (χ2n) is 7.04. The van der Waals surface area contributed by atoms with Crippen molar-refractivity contribution in [2.24, 2.45) is 5.92 Å². The molecule has 1 aliphatic heterocycles. The highest BCUT2D eigenvalue weighted by Crippen LogP contribution is 2.22. The summed E-state index contributed by atoms with van der Waals surface area (Å²) in [5.41, 5.74) is 0.0747. The normalized spacial score (nSPS) is 21.9. The number of benzene rings is 1. The van der Waals surface area contributed by atoms with Gasteiger partial charge in [0.25, 0.3) is 5.91 Å². The van der Waals surface area contributed by atoms with Gasteiger partial charge in [0.1, 0.15) is 0 Å². The minimum Gasteiger partial charge on any atom is -0.379 e. The zero-order chi connectivity index (χ0) is 16.7. The second-order valence-corrected chi connectivity index (χ2v) is 7.04. The van der Waals surface area contributed by atoms with Crippen molar-refractivity contribution in [2.75, 3.05) is 26.2 Å². The summed E-state index contributed by atoms with van der Waals surface area (Å²) in [6, 6.07) is 10.3. The molecule has 1 atom stereocenters. The van der Waals surface area contributed by atoms with Gasteiger partial charge in [-0.05, 0) is 43.7 Å². The van der Waals surface area contributed by atoms with Gasteiger partial charge >= 0.3 is 0 Å². The lowest BCUT2D eigenvalue weighted by molar-refractivity contribution is -0.156. The highest BCUT2D eigenvalue weighted by Gasteiger charge is 2.41. The molecular weight excluding hydrogens is 288 g/mol. The number of carbonyl (C=O) groups is 1. The summed E-state index contributed by atoms with van der Waals surface area (Å²) in [6.45, 7) is 6.91. The van der Waals surface area contributed by atoms with Crippen molar-refractivity contribution < 1.29 is 9.90 Å². The molecule has 0 aliphatic carbocycles. The van der Waals surface area contributed by atoms with Crippen LogP contribution in [0, 0.1) is 5.92 Å². The van der Waals surface area contributed by atoms with E-state index in [9.17, 15) is 9.90 Å². The average Bonchev–Trinajstić information content (AvgIpc) is 2.52. The molecule has 1 aromatic carbocycles. The lowest BCUT2D eigenvalue weighted by Gasteiger charge is -2.38. The van der Waals surface area contributed by atoms with Crippen molar-refractivity contribution in [1.29, 1.82) is 0 Å². The van der Waals surface area contributed by atoms with Gasteiger partial charge in [-0.25, -0.2) is 0 Å². The molecule has 0 saturated carbocycles. The van der Waals surface area contributed by atoms with Crippen LogP contribution in [0.3, 0.4) is 0 Å². The fourth-order valence-electron chi connectivity index (χ4n) is 3.13. The van der Waals surface area contributed by atoms with Gasteiger partial charge in [-0.1, -0.05) is 44.2 Å². The van der Waals surface area contributed by atoms with Crippen LogP contribution in [0.1, 0.15) is 38.7 Å². The van der Waals surface area contributed by atoms with Crippen molar-refractivity contribution >= 4 is 5.91 Å². The number of amides is 1. The Morgan fingerprint density at radius 2 is 2.04 bits per heavy atom. The Bertz CT molecular complexity index is 489. The number of aryl methyl sites for hydroxylation is 1. The summed E-state index contributed by atoms with van der Waals surface area (Å²) in [5, 5.41) is 13.9. The van der Waals surface area contributed by atoms with Crippen molar-refractivity contribution in [2.45, 2.75) is 45.1 Å². The molecule has 1 aromatic rings. The molecule has 0 radical (unpaired) electrons. The van der Waals surface area contributed by atoms with E-state index in [0.29, 0.717) is 18.9 Å². The van der Waals surface area contributed by atoms with Gasteiger partial charge in [-0.15, -0.1) is 0 Å². The molecule has 1 amide bonds. The SMILES string of the molecule is CC(C)CNC[C@]1(O)CCCN(CCCc2ccccc2)C1=O. The van der Waals surface area contributed by atoms with Crippen molar-refractivity contribution in [3.63, 3.8) is 0 Å². The maximum Gasteiger partial charge on any atom is 0.255 e. The number of carbonyl (C=O) groups excluding carboxylic acids is 1. The van der Waals surface area contributed by atoms with E-state index in [4.69, 9.17) is 0 Å². The minimum absolute atomic E-state index is 0.104. The van der Waals surface area contributed by atoms with Crippen LogP contribution in [0.2, 0.25) is 0 Å². The molecule has 1 aliphatic rings. The lowest BCUT2D eigenvalue weighted by Crippen LogP contribution is -2.58. The predicted molar refractivity (Wildman–Crippen MR) is 93.2 cm³/mol.